The summed E-state index contributed by atoms with van der Waals surface area (Å²) in [5.41, 5.74) is -0.593. The first-order valence-corrected chi connectivity index (χ1v) is 7.50. The lowest BCUT2D eigenvalue weighted by Gasteiger charge is -2.08. The van der Waals surface area contributed by atoms with Gasteiger partial charge in [-0.1, -0.05) is 23.2 Å². The van der Waals surface area contributed by atoms with Crippen LogP contribution in [0.5, 0.6) is 0 Å². The van der Waals surface area contributed by atoms with E-state index in [0.717, 1.165) is 15.9 Å². The molecule has 1 amide bonds. The maximum atomic E-state index is 12.4. The number of alkyl halides is 1. The number of nitriles is 1. The van der Waals surface area contributed by atoms with Crippen LogP contribution in [-0.2, 0) is 6.54 Å². The number of nitrogens with one attached hydrogen (secondary N) is 1. The molecule has 22 heavy (non-hydrogen) atoms. The highest BCUT2D eigenvalue weighted by Crippen LogP contribution is 2.31. The summed E-state index contributed by atoms with van der Waals surface area (Å²) in [7, 11) is 0. The van der Waals surface area contributed by atoms with Crippen molar-refractivity contribution in [2.75, 3.05) is 12.0 Å². The molecule has 2 heterocycles. The Labute approximate surface area is 138 Å². The Balaban J connectivity index is 2.33. The topological polar surface area (TPSA) is 74.9 Å². The molecule has 0 saturated heterocycles. The molecule has 0 aliphatic rings. The maximum Gasteiger partial charge on any atom is 0.268 e. The molecule has 0 unspecified atom stereocenters. The summed E-state index contributed by atoms with van der Waals surface area (Å²) in [4.78, 5) is 24.1. The average Bonchev–Trinajstić information content (AvgIpc) is 2.82. The molecule has 0 saturated carbocycles. The molecule has 0 spiro atoms. The first kappa shape index (κ1) is 16.5. The lowest BCUT2D eigenvalue weighted by Crippen LogP contribution is -2.24. The number of hydrogen-bond acceptors (Lipinski definition) is 4. The van der Waals surface area contributed by atoms with Gasteiger partial charge in [-0.15, -0.1) is 11.3 Å². The molecular formula is C13H8Cl2FN3O2S. The minimum absolute atomic E-state index is 0.187. The van der Waals surface area contributed by atoms with Crippen molar-refractivity contribution in [2.24, 2.45) is 0 Å². The monoisotopic (exact) mass is 359 g/mol. The fraction of sp³-hybridized carbons (Fsp3) is 0.154. The van der Waals surface area contributed by atoms with E-state index in [-0.39, 0.29) is 32.0 Å². The maximum absolute atomic E-state index is 12.4. The van der Waals surface area contributed by atoms with Crippen LogP contribution in [0.1, 0.15) is 15.2 Å². The Hall–Kier alpha value is -1.88. The highest BCUT2D eigenvalue weighted by molar-refractivity contribution is 7.18. The van der Waals surface area contributed by atoms with Gasteiger partial charge in [0.2, 0.25) is 0 Å². The summed E-state index contributed by atoms with van der Waals surface area (Å²) >= 11 is 12.6. The molecule has 0 aromatic carbocycles. The van der Waals surface area contributed by atoms with Gasteiger partial charge in [0.1, 0.15) is 22.6 Å². The van der Waals surface area contributed by atoms with Gasteiger partial charge >= 0.3 is 0 Å². The third-order valence-electron chi connectivity index (χ3n) is 2.66. The van der Waals surface area contributed by atoms with E-state index in [1.807, 2.05) is 0 Å². The third-order valence-corrected chi connectivity index (χ3v) is 4.52. The van der Waals surface area contributed by atoms with E-state index in [0.29, 0.717) is 0 Å². The van der Waals surface area contributed by atoms with Gasteiger partial charge in [0, 0.05) is 6.20 Å². The third kappa shape index (κ3) is 3.47. The zero-order valence-corrected chi connectivity index (χ0v) is 13.2. The van der Waals surface area contributed by atoms with Crippen molar-refractivity contribution in [1.82, 2.24) is 4.57 Å². The SMILES string of the molecule is N#Cc1cc(NC(=O)c2cc(Cl)c(Cl)s2)cn(CCF)c1=O. The summed E-state index contributed by atoms with van der Waals surface area (Å²) in [6.07, 6.45) is 1.28. The first-order valence-electron chi connectivity index (χ1n) is 5.93. The number of nitrogens with zero attached hydrogens (tertiary/aromatic N) is 2. The number of anilines is 1. The molecule has 2 aromatic heterocycles. The zero-order valence-electron chi connectivity index (χ0n) is 10.9. The second-order valence-electron chi connectivity index (χ2n) is 4.13. The van der Waals surface area contributed by atoms with Gasteiger partial charge < -0.3 is 9.88 Å². The van der Waals surface area contributed by atoms with Gasteiger partial charge in [0.25, 0.3) is 11.5 Å². The van der Waals surface area contributed by atoms with E-state index >= 15 is 0 Å². The Morgan fingerprint density at radius 2 is 2.18 bits per heavy atom. The van der Waals surface area contributed by atoms with Crippen molar-refractivity contribution in [3.8, 4) is 6.07 Å². The molecule has 114 valence electrons. The van der Waals surface area contributed by atoms with Crippen LogP contribution < -0.4 is 10.9 Å². The molecule has 0 aliphatic carbocycles. The molecular weight excluding hydrogens is 352 g/mol. The van der Waals surface area contributed by atoms with Crippen LogP contribution in [0.25, 0.3) is 0 Å². The van der Waals surface area contributed by atoms with Crippen molar-refractivity contribution in [1.29, 1.82) is 5.26 Å². The van der Waals surface area contributed by atoms with E-state index in [9.17, 15) is 14.0 Å². The van der Waals surface area contributed by atoms with Gasteiger partial charge in [0.15, 0.2) is 0 Å². The van der Waals surface area contributed by atoms with Crippen LogP contribution in [-0.4, -0.2) is 17.1 Å². The lowest BCUT2D eigenvalue weighted by atomic mass is 10.2. The van der Waals surface area contributed by atoms with Crippen LogP contribution in [0.3, 0.4) is 0 Å². The van der Waals surface area contributed by atoms with Gasteiger partial charge in [-0.25, -0.2) is 4.39 Å². The van der Waals surface area contributed by atoms with Crippen molar-refractivity contribution in [3.63, 3.8) is 0 Å². The second-order valence-corrected chi connectivity index (χ2v) is 6.19. The number of aryl methyl sites for hydroxylation is 1. The fourth-order valence-electron chi connectivity index (χ4n) is 1.69. The van der Waals surface area contributed by atoms with E-state index in [2.05, 4.69) is 5.32 Å². The molecule has 0 fully saturated rings. The van der Waals surface area contributed by atoms with Crippen LogP contribution in [0.15, 0.2) is 23.1 Å². The highest BCUT2D eigenvalue weighted by atomic mass is 35.5. The van der Waals surface area contributed by atoms with Crippen LogP contribution in [0, 0.1) is 11.3 Å². The Morgan fingerprint density at radius 3 is 2.73 bits per heavy atom. The highest BCUT2D eigenvalue weighted by Gasteiger charge is 2.14. The van der Waals surface area contributed by atoms with E-state index in [1.165, 1.54) is 18.3 Å². The number of rotatable bonds is 4. The van der Waals surface area contributed by atoms with Crippen molar-refractivity contribution in [3.05, 3.63) is 48.5 Å². The predicted octanol–water partition coefficient (Wildman–Crippen LogP) is 3.31. The van der Waals surface area contributed by atoms with Crippen molar-refractivity contribution < 1.29 is 9.18 Å². The fourth-order valence-corrected chi connectivity index (χ4v) is 2.96. The van der Waals surface area contributed by atoms with Crippen LogP contribution in [0.2, 0.25) is 9.36 Å². The van der Waals surface area contributed by atoms with Gasteiger partial charge in [-0.3, -0.25) is 9.59 Å². The number of thiophene rings is 1. The number of aromatic nitrogens is 1. The zero-order chi connectivity index (χ0) is 16.3. The smallest absolute Gasteiger partial charge is 0.268 e. The van der Waals surface area contributed by atoms with Gasteiger partial charge in [-0.05, 0) is 12.1 Å². The second kappa shape index (κ2) is 6.92. The van der Waals surface area contributed by atoms with E-state index in [1.54, 1.807) is 6.07 Å². The molecule has 2 rings (SSSR count). The van der Waals surface area contributed by atoms with E-state index < -0.39 is 18.1 Å². The minimum Gasteiger partial charge on any atom is -0.320 e. The largest absolute Gasteiger partial charge is 0.320 e. The minimum atomic E-state index is -0.766. The molecule has 0 aliphatic heterocycles. The summed E-state index contributed by atoms with van der Waals surface area (Å²) in [6, 6.07) is 4.35. The molecule has 0 atom stereocenters. The number of hydrogen-bond donors (Lipinski definition) is 1. The number of carbonyl (C=O) groups is 1. The number of halogens is 3. The van der Waals surface area contributed by atoms with Gasteiger partial charge in [-0.2, -0.15) is 5.26 Å². The summed E-state index contributed by atoms with van der Waals surface area (Å²) in [5, 5.41) is 11.7. The van der Waals surface area contributed by atoms with E-state index in [4.69, 9.17) is 28.5 Å². The van der Waals surface area contributed by atoms with Crippen LogP contribution in [0.4, 0.5) is 10.1 Å². The molecule has 1 N–H and O–H groups in total. The Morgan fingerprint density at radius 1 is 1.45 bits per heavy atom. The summed E-state index contributed by atoms with van der Waals surface area (Å²) in [6.45, 7) is -0.966. The average molecular weight is 360 g/mol. The Bertz CT molecular complexity index is 806. The van der Waals surface area contributed by atoms with Crippen molar-refractivity contribution in [2.45, 2.75) is 6.54 Å². The Kier molecular flexibility index (Phi) is 5.19. The number of pyridine rings is 1. The molecule has 0 radical (unpaired) electrons. The molecule has 0 bridgehead atoms. The number of amides is 1. The standard InChI is InChI=1S/C13H8Cl2FN3O2S/c14-9-4-10(22-11(9)15)12(20)18-8-3-7(5-17)13(21)19(6-8)2-1-16/h3-4,6H,1-2H2,(H,18,20). The lowest BCUT2D eigenvalue weighted by molar-refractivity contribution is 0.103. The van der Waals surface area contributed by atoms with Crippen molar-refractivity contribution >= 4 is 46.1 Å². The predicted molar refractivity (Wildman–Crippen MR) is 83.7 cm³/mol. The molecule has 2 aromatic rings. The quantitative estimate of drug-likeness (QED) is 0.909. The summed E-state index contributed by atoms with van der Waals surface area (Å²) in [5.74, 6) is -0.492. The molecule has 9 heteroatoms. The molecule has 5 nitrogen and oxygen atoms in total. The first-order chi connectivity index (χ1) is 10.5. The summed E-state index contributed by atoms with van der Waals surface area (Å²) < 4.78 is 13.8. The normalized spacial score (nSPS) is 10.3. The number of carbonyl (C=O) groups excluding carboxylic acids is 1. The van der Waals surface area contributed by atoms with Gasteiger partial charge in [0.05, 0.1) is 22.1 Å². The van der Waals surface area contributed by atoms with Crippen LogP contribution >= 0.6 is 34.5 Å².